The fraction of sp³-hybridized carbons (Fsp3) is 0.368. The number of anilines is 1. The molecule has 0 radical (unpaired) electrons. The Labute approximate surface area is 157 Å². The monoisotopic (exact) mass is 366 g/mol. The summed E-state index contributed by atoms with van der Waals surface area (Å²) in [6.45, 7) is 4.21. The predicted octanol–water partition coefficient (Wildman–Crippen LogP) is 3.19. The Balaban J connectivity index is 1.35. The Bertz CT molecular complexity index is 887. The lowest BCUT2D eigenvalue weighted by atomic mass is 9.98. The molecule has 0 bridgehead atoms. The first-order valence-electron chi connectivity index (χ1n) is 9.10. The van der Waals surface area contributed by atoms with E-state index in [4.69, 9.17) is 4.52 Å². The number of rotatable bonds is 4. The molecule has 3 aromatic rings. The maximum absolute atomic E-state index is 12.6. The van der Waals surface area contributed by atoms with Crippen molar-refractivity contribution < 1.29 is 9.32 Å². The topological polar surface area (TPSA) is 89.1 Å². The van der Waals surface area contributed by atoms with Gasteiger partial charge in [-0.2, -0.15) is 4.98 Å². The lowest BCUT2D eigenvalue weighted by Crippen LogP contribution is -2.43. The quantitative estimate of drug-likeness (QED) is 0.766. The van der Waals surface area contributed by atoms with Crippen molar-refractivity contribution >= 4 is 11.7 Å². The lowest BCUT2D eigenvalue weighted by molar-refractivity contribution is 0.170. The second kappa shape index (κ2) is 7.61. The molecule has 0 unspecified atom stereocenters. The van der Waals surface area contributed by atoms with Gasteiger partial charge in [0.2, 0.25) is 0 Å². The summed E-state index contributed by atoms with van der Waals surface area (Å²) in [6, 6.07) is 7.35. The first kappa shape index (κ1) is 17.3. The number of carbonyl (C=O) groups is 1. The van der Waals surface area contributed by atoms with Crippen LogP contribution >= 0.6 is 0 Å². The van der Waals surface area contributed by atoms with Crippen LogP contribution in [0.1, 0.15) is 18.7 Å². The highest BCUT2D eigenvalue weighted by atomic mass is 16.5. The van der Waals surface area contributed by atoms with Crippen LogP contribution in [0.15, 0.2) is 47.5 Å². The van der Waals surface area contributed by atoms with Crippen molar-refractivity contribution in [3.63, 3.8) is 0 Å². The second-order valence-corrected chi connectivity index (χ2v) is 6.87. The SMILES string of the molecule is Cc1noc(-c2ccc(NC(=O)N3CCC[C@@H](Cn4ccnc4)C3)cc2)n1. The number of nitrogens with zero attached hydrogens (tertiary/aromatic N) is 5. The zero-order valence-corrected chi connectivity index (χ0v) is 15.2. The molecule has 1 aromatic carbocycles. The van der Waals surface area contributed by atoms with Gasteiger partial charge in [-0.3, -0.25) is 0 Å². The highest BCUT2D eigenvalue weighted by molar-refractivity contribution is 5.89. The molecule has 2 aromatic heterocycles. The van der Waals surface area contributed by atoms with Gasteiger partial charge in [-0.25, -0.2) is 9.78 Å². The molecule has 1 aliphatic heterocycles. The van der Waals surface area contributed by atoms with Crippen LogP contribution in [0.2, 0.25) is 0 Å². The molecule has 8 nitrogen and oxygen atoms in total. The molecule has 8 heteroatoms. The van der Waals surface area contributed by atoms with Crippen molar-refractivity contribution in [2.45, 2.75) is 26.3 Å². The molecule has 0 saturated carbocycles. The summed E-state index contributed by atoms with van der Waals surface area (Å²) >= 11 is 0. The van der Waals surface area contributed by atoms with E-state index in [2.05, 4.69) is 25.0 Å². The van der Waals surface area contributed by atoms with E-state index < -0.39 is 0 Å². The number of hydrogen-bond donors (Lipinski definition) is 1. The molecule has 27 heavy (non-hydrogen) atoms. The van der Waals surface area contributed by atoms with Gasteiger partial charge in [0, 0.05) is 43.3 Å². The molecule has 3 heterocycles. The van der Waals surface area contributed by atoms with E-state index in [1.807, 2.05) is 41.7 Å². The highest BCUT2D eigenvalue weighted by Gasteiger charge is 2.24. The summed E-state index contributed by atoms with van der Waals surface area (Å²) in [5, 5.41) is 6.77. The van der Waals surface area contributed by atoms with Crippen LogP contribution < -0.4 is 5.32 Å². The van der Waals surface area contributed by atoms with Crippen molar-refractivity contribution in [3.05, 3.63) is 48.8 Å². The number of benzene rings is 1. The van der Waals surface area contributed by atoms with Crippen molar-refractivity contribution in [2.75, 3.05) is 18.4 Å². The average Bonchev–Trinajstić information content (AvgIpc) is 3.34. The first-order valence-corrected chi connectivity index (χ1v) is 9.10. The molecule has 0 spiro atoms. The normalized spacial score (nSPS) is 17.1. The van der Waals surface area contributed by atoms with Crippen LogP contribution in [0.4, 0.5) is 10.5 Å². The van der Waals surface area contributed by atoms with Crippen LogP contribution in [0.5, 0.6) is 0 Å². The summed E-state index contributed by atoms with van der Waals surface area (Å²) in [5.41, 5.74) is 1.57. The summed E-state index contributed by atoms with van der Waals surface area (Å²) in [4.78, 5) is 22.8. The Morgan fingerprint density at radius 2 is 2.19 bits per heavy atom. The Morgan fingerprint density at radius 3 is 2.89 bits per heavy atom. The van der Waals surface area contributed by atoms with E-state index in [1.54, 1.807) is 13.1 Å². The van der Waals surface area contributed by atoms with Gasteiger partial charge in [0.05, 0.1) is 6.33 Å². The number of nitrogens with one attached hydrogen (secondary N) is 1. The van der Waals surface area contributed by atoms with Crippen molar-refractivity contribution in [2.24, 2.45) is 5.92 Å². The van der Waals surface area contributed by atoms with Gasteiger partial charge in [0.1, 0.15) is 0 Å². The standard InChI is InChI=1S/C19H22N6O2/c1-14-21-18(27-23-14)16-4-6-17(7-5-16)22-19(26)25-9-2-3-15(12-25)11-24-10-8-20-13-24/h4-8,10,13,15H,2-3,9,11-12H2,1H3,(H,22,26)/t15-/m0/s1. The van der Waals surface area contributed by atoms with E-state index in [9.17, 15) is 4.79 Å². The molecule has 1 atom stereocenters. The summed E-state index contributed by atoms with van der Waals surface area (Å²) < 4.78 is 7.23. The minimum absolute atomic E-state index is 0.0632. The van der Waals surface area contributed by atoms with Gasteiger partial charge in [0.15, 0.2) is 5.82 Å². The fourth-order valence-electron chi connectivity index (χ4n) is 3.40. The molecule has 1 N–H and O–H groups in total. The number of hydrogen-bond acceptors (Lipinski definition) is 5. The molecule has 1 aliphatic rings. The second-order valence-electron chi connectivity index (χ2n) is 6.87. The van der Waals surface area contributed by atoms with Crippen LogP contribution in [0.25, 0.3) is 11.5 Å². The van der Waals surface area contributed by atoms with Crippen LogP contribution in [-0.2, 0) is 6.54 Å². The van der Waals surface area contributed by atoms with Gasteiger partial charge < -0.3 is 19.3 Å². The number of carbonyl (C=O) groups excluding carboxylic acids is 1. The maximum Gasteiger partial charge on any atom is 0.321 e. The number of imidazole rings is 1. The summed E-state index contributed by atoms with van der Waals surface area (Å²) in [6.07, 6.45) is 7.71. The van der Waals surface area contributed by atoms with E-state index in [0.717, 1.165) is 43.7 Å². The molecule has 140 valence electrons. The molecule has 1 fully saturated rings. The maximum atomic E-state index is 12.6. The number of likely N-dealkylation sites (tertiary alicyclic amines) is 1. The zero-order chi connectivity index (χ0) is 18.6. The third-order valence-electron chi connectivity index (χ3n) is 4.75. The highest BCUT2D eigenvalue weighted by Crippen LogP contribution is 2.22. The Morgan fingerprint density at radius 1 is 1.33 bits per heavy atom. The van der Waals surface area contributed by atoms with Gasteiger partial charge in [-0.05, 0) is 49.9 Å². The molecule has 4 rings (SSSR count). The van der Waals surface area contributed by atoms with E-state index in [-0.39, 0.29) is 6.03 Å². The largest absolute Gasteiger partial charge is 0.337 e. The third kappa shape index (κ3) is 4.16. The molecule has 2 amide bonds. The van der Waals surface area contributed by atoms with Crippen molar-refractivity contribution in [1.82, 2.24) is 24.6 Å². The van der Waals surface area contributed by atoms with Gasteiger partial charge in [-0.1, -0.05) is 5.16 Å². The molecule has 0 aliphatic carbocycles. The van der Waals surface area contributed by atoms with Crippen LogP contribution in [0.3, 0.4) is 0 Å². The van der Waals surface area contributed by atoms with E-state index in [0.29, 0.717) is 17.6 Å². The number of piperidine rings is 1. The van der Waals surface area contributed by atoms with Gasteiger partial charge >= 0.3 is 6.03 Å². The lowest BCUT2D eigenvalue weighted by Gasteiger charge is -2.33. The predicted molar refractivity (Wildman–Crippen MR) is 100 cm³/mol. The third-order valence-corrected chi connectivity index (χ3v) is 4.75. The van der Waals surface area contributed by atoms with E-state index >= 15 is 0 Å². The van der Waals surface area contributed by atoms with Crippen molar-refractivity contribution in [3.8, 4) is 11.5 Å². The number of aromatic nitrogens is 4. The summed E-state index contributed by atoms with van der Waals surface area (Å²) in [5.74, 6) is 1.52. The number of urea groups is 1. The number of aryl methyl sites for hydroxylation is 1. The minimum Gasteiger partial charge on any atom is -0.337 e. The molecular weight excluding hydrogens is 344 g/mol. The first-order chi connectivity index (χ1) is 13.2. The molecule has 1 saturated heterocycles. The minimum atomic E-state index is -0.0632. The average molecular weight is 366 g/mol. The fourth-order valence-corrected chi connectivity index (χ4v) is 3.40. The summed E-state index contributed by atoms with van der Waals surface area (Å²) in [7, 11) is 0. The van der Waals surface area contributed by atoms with Crippen molar-refractivity contribution in [1.29, 1.82) is 0 Å². The smallest absolute Gasteiger partial charge is 0.321 e. The van der Waals surface area contributed by atoms with Gasteiger partial charge in [-0.15, -0.1) is 0 Å². The van der Waals surface area contributed by atoms with E-state index in [1.165, 1.54) is 0 Å². The zero-order valence-electron chi connectivity index (χ0n) is 15.2. The van der Waals surface area contributed by atoms with Crippen LogP contribution in [-0.4, -0.2) is 43.7 Å². The van der Waals surface area contributed by atoms with Gasteiger partial charge in [0.25, 0.3) is 5.89 Å². The molecular formula is C19H22N6O2. The Hall–Kier alpha value is -3.16. The van der Waals surface area contributed by atoms with Crippen LogP contribution in [0, 0.1) is 12.8 Å². The number of amides is 2. The Kier molecular flexibility index (Phi) is 4.86.